The van der Waals surface area contributed by atoms with E-state index in [4.69, 9.17) is 25.2 Å². The standard InChI is InChI=1S/C34H40N6O6S/c1-19(2)24-17-47-32(38-24)23-14-27(22-10-11-26(45-3)28(30(35)42)29(22)37-23)46-21-13-25-31(43)39-34(18-41)15-20(34)9-7-5-4-6-8-12-36-33(44)40(25)16-21/h7,9-11,14,17-21,25H,4-6,8,12-13,15-16H2,1-3H3,(H2,35,42)(H,36,44)(H,39,43)/b9-7+. The van der Waals surface area contributed by atoms with Crippen LogP contribution in [-0.2, 0) is 9.59 Å². The number of allylic oxidation sites excluding steroid dienone is 1. The summed E-state index contributed by atoms with van der Waals surface area (Å²) < 4.78 is 12.1. The quantitative estimate of drug-likeness (QED) is 0.249. The third-order valence-corrected chi connectivity index (χ3v) is 10.0. The third kappa shape index (κ3) is 6.53. The highest BCUT2D eigenvalue weighted by Crippen LogP contribution is 2.44. The van der Waals surface area contributed by atoms with E-state index in [-0.39, 0.29) is 42.1 Å². The average molecular weight is 661 g/mol. The van der Waals surface area contributed by atoms with E-state index in [1.54, 1.807) is 18.2 Å². The van der Waals surface area contributed by atoms with E-state index < -0.39 is 29.5 Å². The van der Waals surface area contributed by atoms with Crippen LogP contribution in [0.15, 0.2) is 35.7 Å². The van der Waals surface area contributed by atoms with E-state index in [1.165, 1.54) is 23.3 Å². The van der Waals surface area contributed by atoms with Gasteiger partial charge in [0.25, 0.3) is 5.91 Å². The smallest absolute Gasteiger partial charge is 0.318 e. The fourth-order valence-electron chi connectivity index (χ4n) is 6.35. The molecule has 12 nitrogen and oxygen atoms in total. The summed E-state index contributed by atoms with van der Waals surface area (Å²) in [6.07, 6.45) is 8.69. The SMILES string of the molecule is COc1ccc2c(OC3CC4C(=O)NC5(C=O)CC5/C=C/CCCCCNC(=O)N4C3)cc(-c3nc(C(C)C)cs3)nc2c1C(N)=O. The number of fused-ring (bicyclic) bond motifs is 3. The molecule has 1 aliphatic carbocycles. The second kappa shape index (κ2) is 13.3. The summed E-state index contributed by atoms with van der Waals surface area (Å²) in [5.41, 5.74) is 6.67. The van der Waals surface area contributed by atoms with Crippen molar-refractivity contribution in [2.24, 2.45) is 11.7 Å². The summed E-state index contributed by atoms with van der Waals surface area (Å²) in [4.78, 5) is 63.0. The van der Waals surface area contributed by atoms with Crippen LogP contribution in [-0.4, -0.2) is 76.9 Å². The fourth-order valence-corrected chi connectivity index (χ4v) is 7.29. The van der Waals surface area contributed by atoms with E-state index in [2.05, 4.69) is 30.6 Å². The molecule has 4 atom stereocenters. The highest BCUT2D eigenvalue weighted by Gasteiger charge is 2.55. The molecule has 0 bridgehead atoms. The van der Waals surface area contributed by atoms with Gasteiger partial charge in [-0.2, -0.15) is 0 Å². The number of carbonyl (C=O) groups excluding carboxylic acids is 4. The lowest BCUT2D eigenvalue weighted by atomic mass is 10.1. The van der Waals surface area contributed by atoms with Crippen molar-refractivity contribution in [3.8, 4) is 22.2 Å². The van der Waals surface area contributed by atoms with Crippen LogP contribution in [0.25, 0.3) is 21.6 Å². The predicted octanol–water partition coefficient (Wildman–Crippen LogP) is 4.32. The number of nitrogens with one attached hydrogen (secondary N) is 2. The number of amides is 4. The number of urea groups is 1. The van der Waals surface area contributed by atoms with Crippen molar-refractivity contribution in [2.45, 2.75) is 76.0 Å². The molecule has 1 saturated carbocycles. The minimum Gasteiger partial charge on any atom is -0.496 e. The Morgan fingerprint density at radius 1 is 1.19 bits per heavy atom. The number of thiazole rings is 1. The number of primary amides is 1. The lowest BCUT2D eigenvalue weighted by Gasteiger charge is -2.25. The molecule has 1 aromatic carbocycles. The molecule has 13 heteroatoms. The molecule has 6 rings (SSSR count). The van der Waals surface area contributed by atoms with E-state index in [1.807, 2.05) is 11.5 Å². The van der Waals surface area contributed by atoms with Gasteiger partial charge in [-0.1, -0.05) is 32.4 Å². The molecule has 4 unspecified atom stereocenters. The Balaban J connectivity index is 1.35. The zero-order valence-electron chi connectivity index (χ0n) is 26.8. The summed E-state index contributed by atoms with van der Waals surface area (Å²) in [6.45, 7) is 4.73. The number of nitrogens with two attached hydrogens (primary N) is 1. The molecule has 248 valence electrons. The summed E-state index contributed by atoms with van der Waals surface area (Å²) >= 11 is 1.43. The predicted molar refractivity (Wildman–Crippen MR) is 178 cm³/mol. The number of benzene rings is 1. The number of rotatable bonds is 7. The normalized spacial score (nSPS) is 25.5. The van der Waals surface area contributed by atoms with Crippen molar-refractivity contribution in [2.75, 3.05) is 20.2 Å². The Labute approximate surface area is 277 Å². The van der Waals surface area contributed by atoms with Gasteiger partial charge in [0.15, 0.2) is 0 Å². The van der Waals surface area contributed by atoms with Gasteiger partial charge in [-0.3, -0.25) is 9.59 Å². The second-order valence-corrected chi connectivity index (χ2v) is 13.6. The van der Waals surface area contributed by atoms with Crippen molar-refractivity contribution in [3.05, 3.63) is 47.0 Å². The lowest BCUT2D eigenvalue weighted by Crippen LogP contribution is -2.53. The molecular formula is C34H40N6O6S. The number of methoxy groups -OCH3 is 1. The van der Waals surface area contributed by atoms with Gasteiger partial charge in [-0.15, -0.1) is 11.3 Å². The monoisotopic (exact) mass is 660 g/mol. The van der Waals surface area contributed by atoms with Crippen LogP contribution in [0, 0.1) is 5.92 Å². The lowest BCUT2D eigenvalue weighted by molar-refractivity contribution is -0.127. The zero-order chi connectivity index (χ0) is 33.3. The molecule has 4 heterocycles. The molecule has 2 aliphatic heterocycles. The molecule has 47 heavy (non-hydrogen) atoms. The van der Waals surface area contributed by atoms with Crippen LogP contribution in [0.5, 0.6) is 11.5 Å². The molecule has 3 aromatic rings. The van der Waals surface area contributed by atoms with Crippen LogP contribution in [0.2, 0.25) is 0 Å². The van der Waals surface area contributed by atoms with Gasteiger partial charge in [-0.05, 0) is 43.7 Å². The van der Waals surface area contributed by atoms with Crippen molar-refractivity contribution >= 4 is 46.4 Å². The molecule has 3 aliphatic rings. The summed E-state index contributed by atoms with van der Waals surface area (Å²) in [6, 6.07) is 3.93. The summed E-state index contributed by atoms with van der Waals surface area (Å²) in [5.74, 6) is -0.275. The minimum absolute atomic E-state index is 0.0649. The summed E-state index contributed by atoms with van der Waals surface area (Å²) in [7, 11) is 1.45. The Morgan fingerprint density at radius 3 is 2.74 bits per heavy atom. The van der Waals surface area contributed by atoms with Gasteiger partial charge in [0.1, 0.15) is 51.7 Å². The molecular weight excluding hydrogens is 620 g/mol. The van der Waals surface area contributed by atoms with Gasteiger partial charge < -0.3 is 35.5 Å². The topological polar surface area (TPSA) is 166 Å². The average Bonchev–Trinajstić information content (AvgIpc) is 3.35. The summed E-state index contributed by atoms with van der Waals surface area (Å²) in [5, 5.41) is 9.05. The van der Waals surface area contributed by atoms with Crippen LogP contribution < -0.4 is 25.8 Å². The maximum atomic E-state index is 13.7. The number of pyridine rings is 1. The van der Waals surface area contributed by atoms with Gasteiger partial charge in [0.2, 0.25) is 5.91 Å². The van der Waals surface area contributed by atoms with Gasteiger partial charge >= 0.3 is 6.03 Å². The zero-order valence-corrected chi connectivity index (χ0v) is 27.6. The van der Waals surface area contributed by atoms with E-state index in [0.717, 1.165) is 37.7 Å². The van der Waals surface area contributed by atoms with Crippen molar-refractivity contribution < 1.29 is 28.7 Å². The number of ether oxygens (including phenoxy) is 2. The Hall–Kier alpha value is -4.52. The number of carbonyl (C=O) groups is 4. The first-order chi connectivity index (χ1) is 22.6. The van der Waals surface area contributed by atoms with Crippen molar-refractivity contribution in [3.63, 3.8) is 0 Å². The maximum absolute atomic E-state index is 13.7. The Kier molecular flexibility index (Phi) is 9.18. The Morgan fingerprint density at radius 2 is 2.02 bits per heavy atom. The number of aldehydes is 1. The van der Waals surface area contributed by atoms with E-state index in [0.29, 0.717) is 40.3 Å². The van der Waals surface area contributed by atoms with E-state index >= 15 is 0 Å². The molecule has 2 fully saturated rings. The highest BCUT2D eigenvalue weighted by atomic mass is 32.1. The number of nitrogens with zero attached hydrogens (tertiary/aromatic N) is 3. The molecule has 4 amide bonds. The van der Waals surface area contributed by atoms with Gasteiger partial charge in [0, 0.05) is 35.7 Å². The number of aromatic nitrogens is 2. The molecule has 0 radical (unpaired) electrons. The van der Waals surface area contributed by atoms with Crippen molar-refractivity contribution in [1.29, 1.82) is 0 Å². The fraction of sp³-hybridized carbons (Fsp3) is 0.471. The first kappa shape index (κ1) is 32.4. The first-order valence-corrected chi connectivity index (χ1v) is 17.0. The van der Waals surface area contributed by atoms with Gasteiger partial charge in [0.05, 0.1) is 24.9 Å². The molecule has 4 N–H and O–H groups in total. The molecule has 2 aromatic heterocycles. The highest BCUT2D eigenvalue weighted by molar-refractivity contribution is 7.13. The van der Waals surface area contributed by atoms with Crippen LogP contribution in [0.4, 0.5) is 4.79 Å². The molecule has 0 spiro atoms. The molecule has 1 saturated heterocycles. The Bertz CT molecular complexity index is 1740. The third-order valence-electron chi connectivity index (χ3n) is 9.14. The van der Waals surface area contributed by atoms with Gasteiger partial charge in [-0.25, -0.2) is 14.8 Å². The van der Waals surface area contributed by atoms with Crippen LogP contribution >= 0.6 is 11.3 Å². The van der Waals surface area contributed by atoms with Crippen molar-refractivity contribution in [1.82, 2.24) is 25.5 Å². The largest absolute Gasteiger partial charge is 0.496 e. The number of hydrogen-bond acceptors (Lipinski definition) is 9. The number of hydrogen-bond donors (Lipinski definition) is 3. The van der Waals surface area contributed by atoms with Crippen LogP contribution in [0.3, 0.4) is 0 Å². The maximum Gasteiger partial charge on any atom is 0.318 e. The van der Waals surface area contributed by atoms with Crippen LogP contribution in [0.1, 0.15) is 74.3 Å². The van der Waals surface area contributed by atoms with E-state index in [9.17, 15) is 19.2 Å². The first-order valence-electron chi connectivity index (χ1n) is 16.1. The minimum atomic E-state index is -0.960. The second-order valence-electron chi connectivity index (χ2n) is 12.8.